The molecule has 0 saturated heterocycles. The highest BCUT2D eigenvalue weighted by molar-refractivity contribution is 6.01. The average Bonchev–Trinajstić information content (AvgIpc) is 2.90. The molecule has 0 aliphatic carbocycles. The molecule has 3 N–H and O–H groups in total. The number of hydrogen-bond acceptors (Lipinski definition) is 6. The van der Waals surface area contributed by atoms with Crippen LogP contribution in [0.2, 0.25) is 0 Å². The molecule has 0 radical (unpaired) electrons. The number of nitrogens with one attached hydrogen (secondary N) is 3. The summed E-state index contributed by atoms with van der Waals surface area (Å²) in [5, 5.41) is 8.25. The lowest BCUT2D eigenvalue weighted by molar-refractivity contribution is -0.137. The number of hydrogen-bond donors (Lipinski definition) is 3. The molecule has 0 spiro atoms. The van der Waals surface area contributed by atoms with Crippen molar-refractivity contribution >= 4 is 23.6 Å². The smallest absolute Gasteiger partial charge is 0.255 e. The van der Waals surface area contributed by atoms with Crippen LogP contribution < -0.4 is 20.7 Å². The Kier molecular flexibility index (Phi) is 10.00. The van der Waals surface area contributed by atoms with Gasteiger partial charge in [0.2, 0.25) is 17.7 Å². The van der Waals surface area contributed by atoms with E-state index in [1.165, 1.54) is 4.90 Å². The molecule has 3 atom stereocenters. The molecule has 10 nitrogen and oxygen atoms in total. The molecule has 37 heavy (non-hydrogen) atoms. The van der Waals surface area contributed by atoms with Crippen LogP contribution in [0.25, 0.3) is 0 Å². The Balaban J connectivity index is 1.83. The number of benzene rings is 1. The van der Waals surface area contributed by atoms with Gasteiger partial charge in [0.05, 0.1) is 18.5 Å². The molecular weight excluding hydrogens is 474 g/mol. The van der Waals surface area contributed by atoms with E-state index in [1.54, 1.807) is 37.5 Å². The number of nitrogens with zero attached hydrogens (tertiary/aromatic N) is 2. The summed E-state index contributed by atoms with van der Waals surface area (Å²) < 4.78 is 5.82. The maximum atomic E-state index is 13.2. The second kappa shape index (κ2) is 13.4. The van der Waals surface area contributed by atoms with Crippen molar-refractivity contribution in [3.63, 3.8) is 0 Å². The Morgan fingerprint density at radius 1 is 1.16 bits per heavy atom. The first-order valence-corrected chi connectivity index (χ1v) is 12.5. The van der Waals surface area contributed by atoms with E-state index in [0.717, 1.165) is 5.69 Å². The fourth-order valence-electron chi connectivity index (χ4n) is 3.95. The average molecular weight is 510 g/mol. The van der Waals surface area contributed by atoms with Gasteiger partial charge >= 0.3 is 0 Å². The first-order chi connectivity index (χ1) is 17.8. The zero-order valence-corrected chi connectivity index (χ0v) is 21.5. The highest BCUT2D eigenvalue weighted by Crippen LogP contribution is 2.19. The van der Waals surface area contributed by atoms with Crippen LogP contribution in [0.3, 0.4) is 0 Å². The van der Waals surface area contributed by atoms with Crippen LogP contribution in [0.1, 0.15) is 42.7 Å². The molecule has 1 aromatic carbocycles. The Bertz CT molecular complexity index is 1090. The molecule has 10 heteroatoms. The number of likely N-dealkylation sites (N-methyl/N-ethyl adjacent to an activating group) is 1. The SMILES string of the molecule is CC[C@H](C)[C@@H]1NC(=O)C[C@@H](C(=O)NCCc2ccccn2)NC(=O)c2ccccc2OCCN(C)C1=O. The minimum atomic E-state index is -1.15. The standard InChI is InChI=1S/C27H35N5O5/c1-4-18(2)24-27(36)32(3)15-16-37-22-11-6-5-10-20(22)25(34)30-21(17-23(33)31-24)26(35)29-14-12-19-9-7-8-13-28-19/h5-11,13,18,21,24H,4,12,14-17H2,1-3H3,(H,29,35)(H,30,34)(H,31,33)/t18-,21-,24-/m0/s1. The number of aromatic nitrogens is 1. The lowest BCUT2D eigenvalue weighted by atomic mass is 9.97. The highest BCUT2D eigenvalue weighted by atomic mass is 16.5. The van der Waals surface area contributed by atoms with Crippen LogP contribution in [-0.4, -0.2) is 72.3 Å². The third kappa shape index (κ3) is 7.77. The van der Waals surface area contributed by atoms with Gasteiger partial charge in [-0.3, -0.25) is 24.2 Å². The van der Waals surface area contributed by atoms with E-state index in [0.29, 0.717) is 18.6 Å². The van der Waals surface area contributed by atoms with Crippen LogP contribution in [0.15, 0.2) is 48.7 Å². The van der Waals surface area contributed by atoms with E-state index in [9.17, 15) is 19.2 Å². The Morgan fingerprint density at radius 3 is 2.65 bits per heavy atom. The molecule has 1 aliphatic heterocycles. The third-order valence-electron chi connectivity index (χ3n) is 6.41. The van der Waals surface area contributed by atoms with Gasteiger partial charge in [0.1, 0.15) is 24.4 Å². The normalized spacial score (nSPS) is 20.0. The number of carbonyl (C=O) groups excluding carboxylic acids is 4. The first kappa shape index (κ1) is 27.6. The summed E-state index contributed by atoms with van der Waals surface area (Å²) in [6.45, 7) is 4.54. The fourth-order valence-corrected chi connectivity index (χ4v) is 3.95. The predicted octanol–water partition coefficient (Wildman–Crippen LogP) is 1.31. The molecule has 3 rings (SSSR count). The quantitative estimate of drug-likeness (QED) is 0.539. The van der Waals surface area contributed by atoms with Crippen LogP contribution in [0.5, 0.6) is 5.75 Å². The summed E-state index contributed by atoms with van der Waals surface area (Å²) in [4.78, 5) is 58.2. The molecule has 198 valence electrons. The van der Waals surface area contributed by atoms with Crippen LogP contribution in [0, 0.1) is 5.92 Å². The number of pyridine rings is 1. The number of fused-ring (bicyclic) bond motifs is 1. The largest absolute Gasteiger partial charge is 0.491 e. The van der Waals surface area contributed by atoms with E-state index in [4.69, 9.17) is 4.74 Å². The van der Waals surface area contributed by atoms with Crippen molar-refractivity contribution in [3.05, 3.63) is 59.9 Å². The summed E-state index contributed by atoms with van der Waals surface area (Å²) in [6, 6.07) is 10.3. The van der Waals surface area contributed by atoms with Gasteiger partial charge < -0.3 is 25.6 Å². The van der Waals surface area contributed by atoms with Gasteiger partial charge in [-0.15, -0.1) is 0 Å². The second-order valence-electron chi connectivity index (χ2n) is 9.13. The van der Waals surface area contributed by atoms with Crippen molar-refractivity contribution in [1.29, 1.82) is 0 Å². The van der Waals surface area contributed by atoms with E-state index in [1.807, 2.05) is 32.0 Å². The number of rotatable bonds is 6. The molecule has 4 amide bonds. The number of carbonyl (C=O) groups is 4. The summed E-state index contributed by atoms with van der Waals surface area (Å²) >= 11 is 0. The summed E-state index contributed by atoms with van der Waals surface area (Å²) in [5.41, 5.74) is 1.04. The van der Waals surface area contributed by atoms with Gasteiger partial charge in [0, 0.05) is 31.9 Å². The minimum absolute atomic E-state index is 0.131. The predicted molar refractivity (Wildman–Crippen MR) is 138 cm³/mol. The number of para-hydroxylation sites is 1. The summed E-state index contributed by atoms with van der Waals surface area (Å²) in [6.07, 6.45) is 2.51. The first-order valence-electron chi connectivity index (χ1n) is 12.5. The Labute approximate surface area is 217 Å². The minimum Gasteiger partial charge on any atom is -0.491 e. The zero-order valence-electron chi connectivity index (χ0n) is 21.5. The molecule has 2 heterocycles. The lowest BCUT2D eigenvalue weighted by Gasteiger charge is -2.29. The van der Waals surface area contributed by atoms with Gasteiger partial charge in [-0.2, -0.15) is 0 Å². The van der Waals surface area contributed by atoms with Gasteiger partial charge in [0.15, 0.2) is 0 Å². The van der Waals surface area contributed by atoms with Crippen LogP contribution in [-0.2, 0) is 20.8 Å². The van der Waals surface area contributed by atoms with Gasteiger partial charge in [-0.25, -0.2) is 0 Å². The molecule has 1 aromatic heterocycles. The molecule has 0 bridgehead atoms. The van der Waals surface area contributed by atoms with E-state index in [-0.39, 0.29) is 43.5 Å². The van der Waals surface area contributed by atoms with Crippen molar-refractivity contribution < 1.29 is 23.9 Å². The fraction of sp³-hybridized carbons (Fsp3) is 0.444. The molecule has 0 fully saturated rings. The van der Waals surface area contributed by atoms with Crippen LogP contribution >= 0.6 is 0 Å². The van der Waals surface area contributed by atoms with Crippen molar-refractivity contribution in [2.45, 2.75) is 45.2 Å². The second-order valence-corrected chi connectivity index (χ2v) is 9.13. The molecular formula is C27H35N5O5. The monoisotopic (exact) mass is 509 g/mol. The maximum Gasteiger partial charge on any atom is 0.255 e. The summed E-state index contributed by atoms with van der Waals surface area (Å²) in [5.74, 6) is -1.58. The zero-order chi connectivity index (χ0) is 26.8. The Hall–Kier alpha value is -3.95. The maximum absolute atomic E-state index is 13.2. The third-order valence-corrected chi connectivity index (χ3v) is 6.41. The van der Waals surface area contributed by atoms with Crippen molar-refractivity contribution in [2.24, 2.45) is 5.92 Å². The van der Waals surface area contributed by atoms with E-state index < -0.39 is 29.8 Å². The molecule has 2 aromatic rings. The van der Waals surface area contributed by atoms with Crippen molar-refractivity contribution in [2.75, 3.05) is 26.7 Å². The number of ether oxygens (including phenoxy) is 1. The van der Waals surface area contributed by atoms with Gasteiger partial charge in [0.25, 0.3) is 5.91 Å². The van der Waals surface area contributed by atoms with Crippen molar-refractivity contribution in [1.82, 2.24) is 25.8 Å². The topological polar surface area (TPSA) is 130 Å². The Morgan fingerprint density at radius 2 is 1.92 bits per heavy atom. The summed E-state index contributed by atoms with van der Waals surface area (Å²) in [7, 11) is 1.65. The molecule has 0 unspecified atom stereocenters. The van der Waals surface area contributed by atoms with Gasteiger partial charge in [-0.05, 0) is 30.2 Å². The molecule has 0 saturated carbocycles. The number of amides is 4. The lowest BCUT2D eigenvalue weighted by Crippen LogP contribution is -2.54. The van der Waals surface area contributed by atoms with E-state index >= 15 is 0 Å². The molecule has 1 aliphatic rings. The van der Waals surface area contributed by atoms with E-state index in [2.05, 4.69) is 20.9 Å². The van der Waals surface area contributed by atoms with Crippen LogP contribution in [0.4, 0.5) is 0 Å². The van der Waals surface area contributed by atoms with Gasteiger partial charge in [-0.1, -0.05) is 38.5 Å². The van der Waals surface area contributed by atoms with Crippen molar-refractivity contribution in [3.8, 4) is 5.75 Å². The highest BCUT2D eigenvalue weighted by Gasteiger charge is 2.31.